The zero-order valence-corrected chi connectivity index (χ0v) is 48.3. The first kappa shape index (κ1) is 49.9. The van der Waals surface area contributed by atoms with E-state index in [1.165, 1.54) is 114 Å². The van der Waals surface area contributed by atoms with E-state index in [2.05, 4.69) is 235 Å². The highest BCUT2D eigenvalue weighted by atomic mass is 16.5. The van der Waals surface area contributed by atoms with Crippen LogP contribution in [0.3, 0.4) is 0 Å². The van der Waals surface area contributed by atoms with Crippen molar-refractivity contribution in [3.8, 4) is 95.8 Å². The monoisotopic (exact) mass is 1140 g/mol. The number of hydrogen-bond donors (Lipinski definition) is 0. The van der Waals surface area contributed by atoms with Gasteiger partial charge in [0.2, 0.25) is 0 Å². The van der Waals surface area contributed by atoms with Crippen LogP contribution in [0.15, 0.2) is 279 Å². The van der Waals surface area contributed by atoms with Gasteiger partial charge in [-0.25, -0.2) is 4.85 Å². The number of rotatable bonds is 4. The topological polar surface area (TPSA) is 46.6 Å². The number of nitriles is 1. The van der Waals surface area contributed by atoms with Crippen LogP contribution < -0.4 is 9.47 Å². The molecule has 0 bridgehead atoms. The van der Waals surface area contributed by atoms with Crippen molar-refractivity contribution in [1.82, 2.24) is 0 Å². The maximum atomic E-state index is 9.64. The van der Waals surface area contributed by atoms with Crippen LogP contribution in [0.25, 0.3) is 179 Å². The highest BCUT2D eigenvalue weighted by molar-refractivity contribution is 6.26. The summed E-state index contributed by atoms with van der Waals surface area (Å²) in [7, 11) is 0. The molecule has 0 unspecified atom stereocenters. The molecule has 18 aromatic rings. The van der Waals surface area contributed by atoms with Crippen molar-refractivity contribution in [1.29, 1.82) is 5.26 Å². The third-order valence-corrected chi connectivity index (χ3v) is 19.1. The van der Waals surface area contributed by atoms with Crippen LogP contribution in [-0.4, -0.2) is 0 Å². The molecule has 2 heterocycles. The van der Waals surface area contributed by atoms with Gasteiger partial charge in [-0.2, -0.15) is 5.26 Å². The molecular formula is C86H46N2O2. The van der Waals surface area contributed by atoms with Crippen molar-refractivity contribution in [2.24, 2.45) is 0 Å². The molecule has 0 N–H and O–H groups in total. The third kappa shape index (κ3) is 7.53. The van der Waals surface area contributed by atoms with Gasteiger partial charge in [0.05, 0.1) is 18.2 Å². The first-order chi connectivity index (χ1) is 44.4. The summed E-state index contributed by atoms with van der Waals surface area (Å²) in [5.74, 6) is 3.28. The smallest absolute Gasteiger partial charge is 0.195 e. The lowest BCUT2D eigenvalue weighted by atomic mass is 9.88. The highest BCUT2D eigenvalue weighted by Crippen LogP contribution is 2.52. The molecule has 0 aromatic heterocycles. The SMILES string of the molecule is N#Cc1ccc2c3c(cccc13)Oc1cc(-c3cc4ccc5cc(-c6ccc7ccccc7c6)cc6ccc(c3)c4c56)ccc1-2.[C-]#[N+]c1ccc2c3c(cccc13)-c1cc(-c3cc4ccc5cc(-c6cccc7ccccc67)cc6ccc(c3)c4c56)ccc1O2. The Hall–Kier alpha value is -12.3. The van der Waals surface area contributed by atoms with Crippen LogP contribution in [0.4, 0.5) is 5.69 Å². The van der Waals surface area contributed by atoms with Crippen molar-refractivity contribution < 1.29 is 9.47 Å². The van der Waals surface area contributed by atoms with Crippen LogP contribution in [0.2, 0.25) is 0 Å². The van der Waals surface area contributed by atoms with Crippen molar-refractivity contribution >= 4 is 113 Å². The number of hydrogen-bond acceptors (Lipinski definition) is 3. The molecule has 0 radical (unpaired) electrons. The molecule has 4 nitrogen and oxygen atoms in total. The summed E-state index contributed by atoms with van der Waals surface area (Å²) < 4.78 is 12.8. The molecule has 90 heavy (non-hydrogen) atoms. The van der Waals surface area contributed by atoms with Crippen LogP contribution in [-0.2, 0) is 0 Å². The Morgan fingerprint density at radius 2 is 0.689 bits per heavy atom. The average Bonchev–Trinajstić information content (AvgIpc) is 0.784. The Kier molecular flexibility index (Phi) is 10.6. The van der Waals surface area contributed by atoms with Crippen LogP contribution in [0, 0.1) is 17.9 Å². The van der Waals surface area contributed by atoms with E-state index in [4.69, 9.17) is 16.0 Å². The number of nitrogens with zero attached hydrogens (tertiary/aromatic N) is 2. The first-order valence-electron chi connectivity index (χ1n) is 30.4. The van der Waals surface area contributed by atoms with Crippen LogP contribution in [0.1, 0.15) is 5.56 Å². The zero-order chi connectivity index (χ0) is 59.3. The van der Waals surface area contributed by atoms with Gasteiger partial charge >= 0.3 is 0 Å². The van der Waals surface area contributed by atoms with E-state index < -0.39 is 0 Å². The van der Waals surface area contributed by atoms with Gasteiger partial charge in [0.15, 0.2) is 5.69 Å². The maximum absolute atomic E-state index is 9.64. The molecule has 0 amide bonds. The lowest BCUT2D eigenvalue weighted by Gasteiger charge is -2.22. The maximum Gasteiger partial charge on any atom is 0.195 e. The van der Waals surface area contributed by atoms with Crippen LogP contribution in [0.5, 0.6) is 23.0 Å². The largest absolute Gasteiger partial charge is 0.456 e. The summed E-state index contributed by atoms with van der Waals surface area (Å²) in [6, 6.07) is 102. The summed E-state index contributed by atoms with van der Waals surface area (Å²) in [4.78, 5) is 3.75. The summed E-state index contributed by atoms with van der Waals surface area (Å²) in [5.41, 5.74) is 15.2. The van der Waals surface area contributed by atoms with E-state index in [9.17, 15) is 5.26 Å². The average molecular weight is 1140 g/mol. The summed E-state index contributed by atoms with van der Waals surface area (Å²) in [5, 5.41) is 33.8. The van der Waals surface area contributed by atoms with Gasteiger partial charge in [-0.3, -0.25) is 0 Å². The molecule has 0 atom stereocenters. The fourth-order valence-corrected chi connectivity index (χ4v) is 15.0. The van der Waals surface area contributed by atoms with Crippen molar-refractivity contribution in [3.63, 3.8) is 0 Å². The van der Waals surface area contributed by atoms with E-state index in [0.29, 0.717) is 11.3 Å². The molecule has 0 saturated carbocycles. The number of ether oxygens (including phenoxy) is 2. The molecule has 4 heteroatoms. The van der Waals surface area contributed by atoms with Crippen molar-refractivity contribution in [3.05, 3.63) is 296 Å². The molecular weight excluding hydrogens is 1090 g/mol. The molecule has 2 aliphatic heterocycles. The van der Waals surface area contributed by atoms with Crippen molar-refractivity contribution in [2.75, 3.05) is 0 Å². The predicted molar refractivity (Wildman–Crippen MR) is 374 cm³/mol. The minimum absolute atomic E-state index is 0.648. The quantitative estimate of drug-likeness (QED) is 0.130. The zero-order valence-electron chi connectivity index (χ0n) is 48.3. The summed E-state index contributed by atoms with van der Waals surface area (Å²) in [6.45, 7) is 7.65. The normalized spacial score (nSPS) is 12.2. The van der Waals surface area contributed by atoms with Gasteiger partial charge in [-0.05, 0) is 244 Å². The fourth-order valence-electron chi connectivity index (χ4n) is 15.0. The Morgan fingerprint density at radius 3 is 1.34 bits per heavy atom. The molecule has 2 aliphatic rings. The molecule has 0 fully saturated rings. The molecule has 18 aromatic carbocycles. The van der Waals surface area contributed by atoms with Gasteiger partial charge in [0, 0.05) is 27.3 Å². The Balaban J connectivity index is 0.000000130. The lowest BCUT2D eigenvalue weighted by Crippen LogP contribution is -1.98. The van der Waals surface area contributed by atoms with Crippen LogP contribution >= 0.6 is 0 Å². The van der Waals surface area contributed by atoms with Gasteiger partial charge in [-0.15, -0.1) is 0 Å². The second kappa shape index (κ2) is 19.1. The summed E-state index contributed by atoms with van der Waals surface area (Å²) >= 11 is 0. The van der Waals surface area contributed by atoms with Crippen molar-refractivity contribution in [2.45, 2.75) is 0 Å². The van der Waals surface area contributed by atoms with E-state index in [1.54, 1.807) is 0 Å². The summed E-state index contributed by atoms with van der Waals surface area (Å²) in [6.07, 6.45) is 0. The second-order valence-corrected chi connectivity index (χ2v) is 24.0. The molecule has 0 aliphatic carbocycles. The second-order valence-electron chi connectivity index (χ2n) is 24.0. The highest BCUT2D eigenvalue weighted by Gasteiger charge is 2.25. The molecule has 0 saturated heterocycles. The standard InChI is InChI=1S/2C43H23NO/c1-44-38-17-19-40-43-35(10-5-11-36(38)43)37-24-26(16-18-39(37)45-40)31-20-27-12-14-29-22-32(23-30-15-13-28(21-31)41(27)42(29)30)34-9-4-7-25-6-2-3-8-33(25)34;44-24-33-15-17-38-37-16-14-28(23-40(37)45-39-7-3-6-36(33)43(38)39)35-21-31-12-10-29-19-34(20-30-11-13-32(22-35)42(31)41(29)30)27-9-8-25-4-1-2-5-26(25)18-27/h2-24H;1-23H. The fraction of sp³-hybridized carbons (Fsp3) is 0. The van der Waals surface area contributed by atoms with Gasteiger partial charge in [0.25, 0.3) is 0 Å². The number of fused-ring (bicyclic) bond motifs is 6. The van der Waals surface area contributed by atoms with Gasteiger partial charge in [-0.1, -0.05) is 182 Å². The van der Waals surface area contributed by atoms with E-state index in [1.807, 2.05) is 54.6 Å². The minimum atomic E-state index is 0.648. The van der Waals surface area contributed by atoms with Gasteiger partial charge < -0.3 is 9.47 Å². The van der Waals surface area contributed by atoms with E-state index in [-0.39, 0.29) is 0 Å². The molecule has 412 valence electrons. The minimum Gasteiger partial charge on any atom is -0.456 e. The molecule has 20 rings (SSSR count). The lowest BCUT2D eigenvalue weighted by molar-refractivity contribution is 0.487. The Bertz CT molecular complexity index is 6120. The van der Waals surface area contributed by atoms with Gasteiger partial charge in [0.1, 0.15) is 23.0 Å². The first-order valence-corrected chi connectivity index (χ1v) is 30.4. The Labute approximate surface area is 517 Å². The van der Waals surface area contributed by atoms with E-state index in [0.717, 1.165) is 83.5 Å². The number of benzene rings is 18. The Morgan fingerprint density at radius 1 is 0.256 bits per heavy atom. The molecule has 0 spiro atoms. The van der Waals surface area contributed by atoms with E-state index >= 15 is 0 Å². The predicted octanol–water partition coefficient (Wildman–Crippen LogP) is 24.4. The third-order valence-electron chi connectivity index (χ3n) is 19.1.